The first-order chi connectivity index (χ1) is 12.8. The van der Waals surface area contributed by atoms with Gasteiger partial charge in [-0.2, -0.15) is 0 Å². The molecule has 0 saturated heterocycles. The number of rotatable bonds is 9. The molecule has 0 aliphatic carbocycles. The number of hydrogen-bond acceptors (Lipinski definition) is 3. The maximum Gasteiger partial charge on any atom is 0.232 e. The van der Waals surface area contributed by atoms with Gasteiger partial charge < -0.3 is 5.32 Å². The number of benzene rings is 2. The Morgan fingerprint density at radius 3 is 2.30 bits per heavy atom. The van der Waals surface area contributed by atoms with Crippen molar-refractivity contribution in [3.05, 3.63) is 65.7 Å². The lowest BCUT2D eigenvalue weighted by atomic mass is 10.0. The molecule has 5 nitrogen and oxygen atoms in total. The smallest absolute Gasteiger partial charge is 0.232 e. The lowest BCUT2D eigenvalue weighted by Crippen LogP contribution is -2.33. The van der Waals surface area contributed by atoms with Crippen molar-refractivity contribution in [3.63, 3.8) is 0 Å². The van der Waals surface area contributed by atoms with Gasteiger partial charge >= 0.3 is 0 Å². The number of nitrogens with one attached hydrogen (secondary N) is 1. The van der Waals surface area contributed by atoms with E-state index in [9.17, 15) is 13.2 Å². The van der Waals surface area contributed by atoms with Gasteiger partial charge in [0.15, 0.2) is 0 Å². The highest BCUT2D eigenvalue weighted by atomic mass is 32.2. The number of sulfonamides is 1. The highest BCUT2D eigenvalue weighted by molar-refractivity contribution is 7.92. The average molecular weight is 389 g/mol. The number of carbonyl (C=O) groups excluding carboxylic acids is 1. The van der Waals surface area contributed by atoms with Crippen LogP contribution in [0, 0.1) is 6.92 Å². The molecule has 0 unspecified atom stereocenters. The van der Waals surface area contributed by atoms with Gasteiger partial charge in [-0.05, 0) is 37.0 Å². The second-order valence-corrected chi connectivity index (χ2v) is 8.57. The van der Waals surface area contributed by atoms with Crippen LogP contribution in [-0.4, -0.2) is 27.1 Å². The Kier molecular flexibility index (Phi) is 7.42. The van der Waals surface area contributed by atoms with E-state index >= 15 is 0 Å². The third-order valence-corrected chi connectivity index (χ3v) is 5.67. The van der Waals surface area contributed by atoms with Crippen molar-refractivity contribution < 1.29 is 13.2 Å². The van der Waals surface area contributed by atoms with Crippen LogP contribution in [0.5, 0.6) is 0 Å². The van der Waals surface area contributed by atoms with Crippen molar-refractivity contribution >= 4 is 21.6 Å². The van der Waals surface area contributed by atoms with Crippen molar-refractivity contribution in [3.8, 4) is 0 Å². The minimum atomic E-state index is -3.41. The predicted octanol–water partition coefficient (Wildman–Crippen LogP) is 3.81. The Morgan fingerprint density at radius 1 is 1.07 bits per heavy atom. The first-order valence-corrected chi connectivity index (χ1v) is 11.1. The van der Waals surface area contributed by atoms with E-state index in [0.29, 0.717) is 12.1 Å². The van der Waals surface area contributed by atoms with Gasteiger partial charge in [-0.3, -0.25) is 9.10 Å². The summed E-state index contributed by atoms with van der Waals surface area (Å²) in [5.74, 6) is -0.0658. The van der Waals surface area contributed by atoms with E-state index in [0.717, 1.165) is 17.5 Å². The lowest BCUT2D eigenvalue weighted by molar-refractivity contribution is -0.121. The molecule has 1 atom stereocenters. The standard InChI is InChI=1S/C21H28N2O3S/c1-4-19(18-12-6-5-7-13-18)22-21(24)15-10-16-23(27(3,25)26)20-14-9-8-11-17(20)2/h5-9,11-14,19H,4,10,15-16H2,1-3H3,(H,22,24)/t19-/m0/s1. The van der Waals surface area contributed by atoms with Gasteiger partial charge in [-0.1, -0.05) is 55.5 Å². The first kappa shape index (κ1) is 21.0. The van der Waals surface area contributed by atoms with E-state index in [1.54, 1.807) is 6.07 Å². The summed E-state index contributed by atoms with van der Waals surface area (Å²) < 4.78 is 25.8. The molecule has 6 heteroatoms. The fourth-order valence-electron chi connectivity index (χ4n) is 3.06. The van der Waals surface area contributed by atoms with E-state index in [-0.39, 0.29) is 24.9 Å². The molecule has 1 amide bonds. The zero-order chi connectivity index (χ0) is 19.9. The van der Waals surface area contributed by atoms with Crippen molar-refractivity contribution in [1.82, 2.24) is 5.32 Å². The quantitative estimate of drug-likeness (QED) is 0.710. The molecular formula is C21H28N2O3S. The molecule has 0 saturated carbocycles. The molecule has 0 bridgehead atoms. The molecule has 0 heterocycles. The van der Waals surface area contributed by atoms with Crippen LogP contribution in [0.3, 0.4) is 0 Å². The number of hydrogen-bond donors (Lipinski definition) is 1. The minimum absolute atomic E-state index is 0.0268. The molecule has 27 heavy (non-hydrogen) atoms. The van der Waals surface area contributed by atoms with E-state index in [4.69, 9.17) is 0 Å². The second-order valence-electron chi connectivity index (χ2n) is 6.66. The Balaban J connectivity index is 1.96. The van der Waals surface area contributed by atoms with Crippen LogP contribution in [0.1, 0.15) is 43.4 Å². The van der Waals surface area contributed by atoms with Gasteiger partial charge in [0.05, 0.1) is 18.0 Å². The number of amides is 1. The summed E-state index contributed by atoms with van der Waals surface area (Å²) in [6, 6.07) is 17.2. The summed E-state index contributed by atoms with van der Waals surface area (Å²) in [6.45, 7) is 4.19. The van der Waals surface area contributed by atoms with Crippen LogP contribution in [0.25, 0.3) is 0 Å². The van der Waals surface area contributed by atoms with Crippen molar-refractivity contribution in [2.45, 2.75) is 39.2 Å². The van der Waals surface area contributed by atoms with E-state index in [2.05, 4.69) is 5.32 Å². The molecule has 146 valence electrons. The normalized spacial score (nSPS) is 12.4. The molecule has 0 spiro atoms. The maximum absolute atomic E-state index is 12.3. The van der Waals surface area contributed by atoms with Crippen molar-refractivity contribution in [1.29, 1.82) is 0 Å². The summed E-state index contributed by atoms with van der Waals surface area (Å²) >= 11 is 0. The van der Waals surface area contributed by atoms with E-state index in [1.807, 2.05) is 62.4 Å². The van der Waals surface area contributed by atoms with Crippen LogP contribution in [0.15, 0.2) is 54.6 Å². The molecule has 2 aromatic carbocycles. The van der Waals surface area contributed by atoms with Crippen LogP contribution < -0.4 is 9.62 Å². The molecule has 2 rings (SSSR count). The lowest BCUT2D eigenvalue weighted by Gasteiger charge is -2.24. The third-order valence-electron chi connectivity index (χ3n) is 4.49. The first-order valence-electron chi connectivity index (χ1n) is 9.20. The Hall–Kier alpha value is -2.34. The Labute approximate surface area is 162 Å². The Morgan fingerprint density at radius 2 is 1.70 bits per heavy atom. The van der Waals surface area contributed by atoms with Crippen molar-refractivity contribution in [2.24, 2.45) is 0 Å². The van der Waals surface area contributed by atoms with Gasteiger partial charge in [-0.25, -0.2) is 8.42 Å². The van der Waals surface area contributed by atoms with Crippen LogP contribution in [0.2, 0.25) is 0 Å². The summed E-state index contributed by atoms with van der Waals surface area (Å²) in [5.41, 5.74) is 2.63. The molecule has 0 aromatic heterocycles. The largest absolute Gasteiger partial charge is 0.349 e. The number of anilines is 1. The third kappa shape index (κ3) is 6.10. The molecule has 1 N–H and O–H groups in total. The molecule has 0 aliphatic heterocycles. The van der Waals surface area contributed by atoms with Crippen molar-refractivity contribution in [2.75, 3.05) is 17.1 Å². The van der Waals surface area contributed by atoms with Crippen LogP contribution >= 0.6 is 0 Å². The SMILES string of the molecule is CC[C@H](NC(=O)CCCN(c1ccccc1C)S(C)(=O)=O)c1ccccc1. The highest BCUT2D eigenvalue weighted by Crippen LogP contribution is 2.22. The summed E-state index contributed by atoms with van der Waals surface area (Å²) in [4.78, 5) is 12.3. The van der Waals surface area contributed by atoms with Gasteiger partial charge in [0.25, 0.3) is 0 Å². The highest BCUT2D eigenvalue weighted by Gasteiger charge is 2.19. The number of para-hydroxylation sites is 1. The number of nitrogens with zero attached hydrogens (tertiary/aromatic N) is 1. The topological polar surface area (TPSA) is 66.5 Å². The maximum atomic E-state index is 12.3. The monoisotopic (exact) mass is 388 g/mol. The average Bonchev–Trinajstić information content (AvgIpc) is 2.64. The summed E-state index contributed by atoms with van der Waals surface area (Å²) in [6.07, 6.45) is 2.73. The van der Waals surface area contributed by atoms with Gasteiger partial charge in [-0.15, -0.1) is 0 Å². The fraction of sp³-hybridized carbons (Fsp3) is 0.381. The molecular weight excluding hydrogens is 360 g/mol. The Bertz CT molecular complexity index is 851. The second kappa shape index (κ2) is 9.55. The fourth-order valence-corrected chi connectivity index (χ4v) is 4.09. The molecule has 0 fully saturated rings. The summed E-state index contributed by atoms with van der Waals surface area (Å²) in [5, 5.41) is 3.04. The molecule has 0 aliphatic rings. The van der Waals surface area contributed by atoms with Gasteiger partial charge in [0.2, 0.25) is 15.9 Å². The van der Waals surface area contributed by atoms with E-state index < -0.39 is 10.0 Å². The zero-order valence-corrected chi connectivity index (χ0v) is 17.0. The number of carbonyl (C=O) groups is 1. The summed E-state index contributed by atoms with van der Waals surface area (Å²) in [7, 11) is -3.41. The molecule has 0 radical (unpaired) electrons. The predicted molar refractivity (Wildman–Crippen MR) is 110 cm³/mol. The zero-order valence-electron chi connectivity index (χ0n) is 16.2. The minimum Gasteiger partial charge on any atom is -0.349 e. The number of aryl methyl sites for hydroxylation is 1. The van der Waals surface area contributed by atoms with Crippen LogP contribution in [0.4, 0.5) is 5.69 Å². The molecule has 2 aromatic rings. The van der Waals surface area contributed by atoms with Gasteiger partial charge in [0.1, 0.15) is 0 Å². The van der Waals surface area contributed by atoms with E-state index in [1.165, 1.54) is 10.6 Å². The van der Waals surface area contributed by atoms with Gasteiger partial charge in [0, 0.05) is 13.0 Å². The van der Waals surface area contributed by atoms with Crippen LogP contribution in [-0.2, 0) is 14.8 Å².